The first kappa shape index (κ1) is 55.6. The summed E-state index contributed by atoms with van der Waals surface area (Å²) in [6.07, 6.45) is 6.31. The Morgan fingerprint density at radius 1 is 0.368 bits per heavy atom. The smallest absolute Gasteiger partial charge is 0.574 e. The highest BCUT2D eigenvalue weighted by molar-refractivity contribution is 6.69. The topological polar surface area (TPSA) is 213 Å². The molecule has 2 fully saturated rings. The van der Waals surface area contributed by atoms with Crippen molar-refractivity contribution in [2.45, 2.75) is 79.1 Å². The molecular formula is C44H50Al6O18. The molecule has 2 atom stereocenters. The molecule has 352 valence electrons. The Balaban J connectivity index is 0.000000254. The van der Waals surface area contributed by atoms with Crippen molar-refractivity contribution in [3.63, 3.8) is 0 Å². The SMILES string of the molecule is CCCCC(CC)C(=O)[O][Al]1[O][Al]([O]C(=O)c2ccccc2)[O][Al]([O]C(=O)c2ccccc2)[O]1.CCCCC(CC)C(=O)[O][Al]1[O][Al]([O]C(=O)c2ccccc2)[O][Al]([O]C(=O)c2ccccc2)[O]1. The lowest BCUT2D eigenvalue weighted by Gasteiger charge is -2.27. The van der Waals surface area contributed by atoms with Gasteiger partial charge in [-0.3, -0.25) is 9.59 Å². The Labute approximate surface area is 426 Å². The van der Waals surface area contributed by atoms with Crippen LogP contribution in [0.3, 0.4) is 0 Å². The fourth-order valence-corrected chi connectivity index (χ4v) is 20.3. The normalized spacial score (nSPS) is 14.4. The van der Waals surface area contributed by atoms with Crippen molar-refractivity contribution in [1.82, 2.24) is 0 Å². The van der Waals surface area contributed by atoms with E-state index in [4.69, 9.17) is 39.8 Å². The Hall–Kier alpha value is -3.35. The van der Waals surface area contributed by atoms with Crippen LogP contribution in [0.5, 0.6) is 0 Å². The van der Waals surface area contributed by atoms with Gasteiger partial charge in [-0.2, -0.15) is 0 Å². The Kier molecular flexibility index (Phi) is 24.9. The quantitative estimate of drug-likeness (QED) is 0.0819. The van der Waals surface area contributed by atoms with Crippen LogP contribution in [0.25, 0.3) is 0 Å². The molecule has 2 heterocycles. The average molecular weight is 1030 g/mol. The average Bonchev–Trinajstić information content (AvgIpc) is 3.35. The van der Waals surface area contributed by atoms with Crippen molar-refractivity contribution in [3.8, 4) is 0 Å². The monoisotopic (exact) mass is 1030 g/mol. The summed E-state index contributed by atoms with van der Waals surface area (Å²) in [7, 11) is 0. The van der Waals surface area contributed by atoms with E-state index in [0.717, 1.165) is 25.7 Å². The number of carbonyl (C=O) groups excluding carboxylic acids is 6. The molecule has 68 heavy (non-hydrogen) atoms. The standard InChI is InChI=1S/2C8H16O2.4C7H6O2.6Al.6O/c2*1-3-5-6-7(4-2)8(9)10;4*8-7(9)6-4-2-1-3-5-6;;;;;;;;;;;;/h2*7H,3-6H2,1-2H3,(H,9,10);4*1-5H,(H,8,9);;;;;;;;;;;;/q;;;;;;6*+1;;;;;;/p-6. The summed E-state index contributed by atoms with van der Waals surface area (Å²) in [5, 5.41) is 0. The lowest BCUT2D eigenvalue weighted by atomic mass is 10.00. The van der Waals surface area contributed by atoms with E-state index in [1.54, 1.807) is 121 Å². The van der Waals surface area contributed by atoms with E-state index in [-0.39, 0.29) is 11.8 Å². The molecule has 0 amide bonds. The van der Waals surface area contributed by atoms with Crippen molar-refractivity contribution in [3.05, 3.63) is 144 Å². The van der Waals surface area contributed by atoms with Crippen LogP contribution < -0.4 is 0 Å². The van der Waals surface area contributed by atoms with Gasteiger partial charge in [0.1, 0.15) is 0 Å². The molecule has 0 aromatic heterocycles. The zero-order valence-electron chi connectivity index (χ0n) is 38.2. The van der Waals surface area contributed by atoms with E-state index in [1.165, 1.54) is 0 Å². The van der Waals surface area contributed by atoms with Gasteiger partial charge < -0.3 is 39.8 Å². The van der Waals surface area contributed by atoms with E-state index in [0.29, 0.717) is 47.9 Å². The molecule has 18 nitrogen and oxygen atoms in total. The second-order valence-electron chi connectivity index (χ2n) is 15.0. The van der Waals surface area contributed by atoms with Crippen LogP contribution in [0.1, 0.15) is 120 Å². The van der Waals surface area contributed by atoms with Crippen LogP contribution in [0, 0.1) is 11.8 Å². The zero-order chi connectivity index (χ0) is 48.7. The summed E-state index contributed by atoms with van der Waals surface area (Å²) in [6.45, 7) is 7.92. The molecule has 2 saturated heterocycles. The molecule has 0 radical (unpaired) electrons. The first-order valence-electron chi connectivity index (χ1n) is 22.4. The fourth-order valence-electron chi connectivity index (χ4n) is 6.25. The summed E-state index contributed by atoms with van der Waals surface area (Å²) in [4.78, 5) is 75.3. The van der Waals surface area contributed by atoms with Crippen molar-refractivity contribution >= 4 is 127 Å². The molecule has 4 aromatic carbocycles. The molecule has 2 aliphatic rings. The summed E-state index contributed by atoms with van der Waals surface area (Å²) in [6, 6.07) is 33.4. The highest BCUT2D eigenvalue weighted by Gasteiger charge is 2.64. The first-order chi connectivity index (χ1) is 33.0. The molecule has 0 aliphatic carbocycles. The maximum atomic E-state index is 12.7. The van der Waals surface area contributed by atoms with Gasteiger partial charge in [0.15, 0.2) is 0 Å². The summed E-state index contributed by atoms with van der Waals surface area (Å²) in [5.74, 6) is -4.02. The third kappa shape index (κ3) is 18.8. The molecule has 0 saturated carbocycles. The Morgan fingerprint density at radius 3 is 0.794 bits per heavy atom. The predicted octanol–water partition coefficient (Wildman–Crippen LogP) is 6.96. The van der Waals surface area contributed by atoms with E-state index in [9.17, 15) is 28.8 Å². The van der Waals surface area contributed by atoms with Crippen LogP contribution in [-0.4, -0.2) is 127 Å². The van der Waals surface area contributed by atoms with Gasteiger partial charge >= 0.3 is 115 Å². The largest absolute Gasteiger partial charge is 0.949 e. The highest BCUT2D eigenvalue weighted by atomic mass is 27.4. The molecule has 24 heteroatoms. The maximum absolute atomic E-state index is 12.7. The second kappa shape index (κ2) is 30.4. The molecule has 0 bridgehead atoms. The number of carbonyl (C=O) groups is 6. The van der Waals surface area contributed by atoms with E-state index in [1.807, 2.05) is 27.7 Å². The number of rotatable bonds is 20. The maximum Gasteiger partial charge on any atom is 0.949 e. The van der Waals surface area contributed by atoms with Gasteiger partial charge in [0.2, 0.25) is 0 Å². The minimum Gasteiger partial charge on any atom is -0.574 e. The van der Waals surface area contributed by atoms with Gasteiger partial charge in [0, 0.05) is 0 Å². The third-order valence-corrected chi connectivity index (χ3v) is 23.2. The Bertz CT molecular complexity index is 1920. The fraction of sp³-hybridized carbons (Fsp3) is 0.318. The van der Waals surface area contributed by atoms with Gasteiger partial charge in [-0.25, -0.2) is 19.2 Å². The van der Waals surface area contributed by atoms with Crippen molar-refractivity contribution < 1.29 is 68.5 Å². The summed E-state index contributed by atoms with van der Waals surface area (Å²) < 4.78 is 66.6. The van der Waals surface area contributed by atoms with Crippen LogP contribution in [-0.2, 0) is 49.4 Å². The van der Waals surface area contributed by atoms with Crippen LogP contribution in [0.4, 0.5) is 0 Å². The lowest BCUT2D eigenvalue weighted by Crippen LogP contribution is -2.54. The van der Waals surface area contributed by atoms with Gasteiger partial charge in [-0.1, -0.05) is 126 Å². The van der Waals surface area contributed by atoms with Gasteiger partial charge in [-0.15, -0.1) is 0 Å². The minimum atomic E-state index is -3.15. The van der Waals surface area contributed by atoms with Crippen LogP contribution in [0.15, 0.2) is 121 Å². The number of unbranched alkanes of at least 4 members (excludes halogenated alkanes) is 2. The Morgan fingerprint density at radius 2 is 0.588 bits per heavy atom. The molecule has 4 aromatic rings. The second-order valence-corrected chi connectivity index (χ2v) is 26.4. The molecular weight excluding hydrogens is 978 g/mol. The number of benzene rings is 4. The van der Waals surface area contributed by atoms with Gasteiger partial charge in [0.05, 0.1) is 34.1 Å². The van der Waals surface area contributed by atoms with Crippen LogP contribution >= 0.6 is 0 Å². The lowest BCUT2D eigenvalue weighted by molar-refractivity contribution is -0.143. The minimum absolute atomic E-state index is 0.290. The van der Waals surface area contributed by atoms with Crippen molar-refractivity contribution in [2.24, 2.45) is 11.8 Å². The molecule has 2 aliphatic heterocycles. The molecule has 0 N–H and O–H groups in total. The predicted molar refractivity (Wildman–Crippen MR) is 247 cm³/mol. The third-order valence-electron chi connectivity index (χ3n) is 10.1. The summed E-state index contributed by atoms with van der Waals surface area (Å²) in [5.41, 5.74) is 1.26. The van der Waals surface area contributed by atoms with Crippen molar-refractivity contribution in [1.29, 1.82) is 0 Å². The number of hydrogen-bond donors (Lipinski definition) is 0. The van der Waals surface area contributed by atoms with E-state index in [2.05, 4.69) is 0 Å². The summed E-state index contributed by atoms with van der Waals surface area (Å²) >= 11 is -18.8. The van der Waals surface area contributed by atoms with E-state index < -0.39 is 127 Å². The first-order valence-corrected chi connectivity index (χ1v) is 30.9. The highest BCUT2D eigenvalue weighted by Crippen LogP contribution is 2.21. The van der Waals surface area contributed by atoms with E-state index >= 15 is 0 Å². The van der Waals surface area contributed by atoms with Gasteiger partial charge in [0.25, 0.3) is 11.9 Å². The number of hydrogen-bond acceptors (Lipinski definition) is 18. The zero-order valence-corrected chi connectivity index (χ0v) is 45.1. The molecule has 0 spiro atoms. The van der Waals surface area contributed by atoms with Gasteiger partial charge in [-0.05, 0) is 74.2 Å². The van der Waals surface area contributed by atoms with Crippen LogP contribution in [0.2, 0.25) is 0 Å². The molecule has 2 unspecified atom stereocenters. The molecule has 6 rings (SSSR count). The van der Waals surface area contributed by atoms with Crippen molar-refractivity contribution in [2.75, 3.05) is 0 Å².